The third kappa shape index (κ3) is 7.01. The third-order valence-electron chi connectivity index (χ3n) is 4.74. The van der Waals surface area contributed by atoms with Crippen molar-refractivity contribution >= 4 is 11.8 Å². The summed E-state index contributed by atoms with van der Waals surface area (Å²) in [7, 11) is 3.42. The van der Waals surface area contributed by atoms with Crippen LogP contribution in [-0.4, -0.2) is 48.2 Å². The van der Waals surface area contributed by atoms with Crippen molar-refractivity contribution in [3.63, 3.8) is 0 Å². The molecule has 0 fully saturated rings. The van der Waals surface area contributed by atoms with Crippen molar-refractivity contribution in [2.75, 3.05) is 32.6 Å². The van der Waals surface area contributed by atoms with Gasteiger partial charge in [0.05, 0.1) is 25.9 Å². The van der Waals surface area contributed by atoms with Gasteiger partial charge in [0, 0.05) is 12.6 Å². The number of anilines is 1. The fraction of sp³-hybridized carbons (Fsp3) is 0.250. The van der Waals surface area contributed by atoms with Crippen molar-refractivity contribution in [1.29, 1.82) is 0 Å². The first-order valence-electron chi connectivity index (χ1n) is 10.0. The van der Waals surface area contributed by atoms with E-state index in [2.05, 4.69) is 22.4 Å². The number of hydrogen-bond donors (Lipinski definition) is 2. The van der Waals surface area contributed by atoms with Crippen molar-refractivity contribution in [2.24, 2.45) is 0 Å². The summed E-state index contributed by atoms with van der Waals surface area (Å²) < 4.78 is 11.1. The van der Waals surface area contributed by atoms with Crippen LogP contribution in [0, 0.1) is 0 Å². The van der Waals surface area contributed by atoms with Gasteiger partial charge in [-0.1, -0.05) is 36.4 Å². The molecule has 0 saturated carbocycles. The number of carboxylic acids is 1. The number of carboxylic acid groups (broad SMARTS) is 1. The van der Waals surface area contributed by atoms with Crippen LogP contribution in [0.2, 0.25) is 0 Å². The molecule has 3 rings (SSSR count). The monoisotopic (exact) mass is 421 g/mol. The molecule has 0 aliphatic carbocycles. The summed E-state index contributed by atoms with van der Waals surface area (Å²) in [5, 5.41) is 12.4. The molecule has 7 nitrogen and oxygen atoms in total. The summed E-state index contributed by atoms with van der Waals surface area (Å²) in [6, 6.07) is 21.2. The highest BCUT2D eigenvalue weighted by molar-refractivity contribution is 5.69. The maximum absolute atomic E-state index is 10.9. The Morgan fingerprint density at radius 3 is 2.52 bits per heavy atom. The number of nitrogens with one attached hydrogen (secondary N) is 1. The van der Waals surface area contributed by atoms with Crippen LogP contribution in [0.15, 0.2) is 72.9 Å². The van der Waals surface area contributed by atoms with Gasteiger partial charge in [-0.25, -0.2) is 4.98 Å². The molecule has 1 atom stereocenters. The van der Waals surface area contributed by atoms with Crippen LogP contribution in [0.5, 0.6) is 17.2 Å². The topological polar surface area (TPSA) is 83.9 Å². The van der Waals surface area contributed by atoms with E-state index in [4.69, 9.17) is 14.6 Å². The Morgan fingerprint density at radius 2 is 1.84 bits per heavy atom. The number of nitrogens with zero attached hydrogens (tertiary/aromatic N) is 2. The van der Waals surface area contributed by atoms with E-state index < -0.39 is 5.97 Å². The molecule has 0 saturated heterocycles. The Kier molecular flexibility index (Phi) is 7.84. The maximum Gasteiger partial charge on any atom is 0.317 e. The van der Waals surface area contributed by atoms with E-state index >= 15 is 0 Å². The first-order chi connectivity index (χ1) is 15.0. The average Bonchev–Trinajstić information content (AvgIpc) is 2.78. The minimum Gasteiger partial charge on any atom is -0.497 e. The van der Waals surface area contributed by atoms with E-state index in [1.165, 1.54) is 0 Å². The highest BCUT2D eigenvalue weighted by Crippen LogP contribution is 2.27. The zero-order valence-corrected chi connectivity index (χ0v) is 17.7. The van der Waals surface area contributed by atoms with E-state index in [9.17, 15) is 4.79 Å². The molecule has 0 aliphatic heterocycles. The van der Waals surface area contributed by atoms with Crippen LogP contribution >= 0.6 is 0 Å². The maximum atomic E-state index is 10.9. The molecule has 3 aromatic rings. The normalized spacial score (nSPS) is 11.7. The van der Waals surface area contributed by atoms with Gasteiger partial charge in [0.15, 0.2) is 0 Å². The second kappa shape index (κ2) is 11.0. The second-order valence-electron chi connectivity index (χ2n) is 7.19. The standard InChI is InChI=1S/C24H27N3O4/c1-27(17-24(28)29)14-13-22(18-7-4-3-5-8-18)26-23-12-11-21(16-25-23)31-20-10-6-9-19(15-20)30-2/h3-12,15-16,22H,13-14,17H2,1-2H3,(H,25,26)(H,28,29). The summed E-state index contributed by atoms with van der Waals surface area (Å²) in [6.07, 6.45) is 2.40. The summed E-state index contributed by atoms with van der Waals surface area (Å²) in [5.41, 5.74) is 1.12. The lowest BCUT2D eigenvalue weighted by molar-refractivity contribution is -0.138. The smallest absolute Gasteiger partial charge is 0.317 e. The molecule has 1 unspecified atom stereocenters. The van der Waals surface area contributed by atoms with Gasteiger partial charge in [0.1, 0.15) is 23.1 Å². The Bertz CT molecular complexity index is 964. The molecule has 2 aromatic carbocycles. The summed E-state index contributed by atoms with van der Waals surface area (Å²) in [4.78, 5) is 17.2. The van der Waals surface area contributed by atoms with Gasteiger partial charge in [0.25, 0.3) is 0 Å². The van der Waals surface area contributed by atoms with E-state index in [-0.39, 0.29) is 12.6 Å². The predicted molar refractivity (Wildman–Crippen MR) is 120 cm³/mol. The molecule has 162 valence electrons. The average molecular weight is 421 g/mol. The molecule has 0 radical (unpaired) electrons. The van der Waals surface area contributed by atoms with E-state index in [1.807, 2.05) is 54.6 Å². The number of aliphatic carboxylic acids is 1. The van der Waals surface area contributed by atoms with Crippen molar-refractivity contribution in [2.45, 2.75) is 12.5 Å². The van der Waals surface area contributed by atoms with Crippen LogP contribution < -0.4 is 14.8 Å². The molecule has 7 heteroatoms. The molecule has 1 aromatic heterocycles. The van der Waals surface area contributed by atoms with Crippen molar-refractivity contribution < 1.29 is 19.4 Å². The van der Waals surface area contributed by atoms with Gasteiger partial charge in [-0.15, -0.1) is 0 Å². The minimum absolute atomic E-state index is 0.00454. The van der Waals surface area contributed by atoms with Gasteiger partial charge >= 0.3 is 5.97 Å². The van der Waals surface area contributed by atoms with Crippen LogP contribution in [0.4, 0.5) is 5.82 Å². The molecule has 1 heterocycles. The first kappa shape index (κ1) is 22.1. The van der Waals surface area contributed by atoms with Gasteiger partial charge < -0.3 is 19.9 Å². The number of ether oxygens (including phenoxy) is 2. The highest BCUT2D eigenvalue weighted by Gasteiger charge is 2.14. The number of pyridine rings is 1. The SMILES string of the molecule is COc1cccc(Oc2ccc(NC(CCN(C)CC(=O)O)c3ccccc3)nc2)c1. The zero-order chi connectivity index (χ0) is 22.1. The lowest BCUT2D eigenvalue weighted by atomic mass is 10.0. The fourth-order valence-corrected chi connectivity index (χ4v) is 3.17. The van der Waals surface area contributed by atoms with Gasteiger partial charge in [0.2, 0.25) is 0 Å². The number of carbonyl (C=O) groups is 1. The molecular weight excluding hydrogens is 394 g/mol. The van der Waals surface area contributed by atoms with Crippen LogP contribution in [0.25, 0.3) is 0 Å². The molecule has 0 aliphatic rings. The van der Waals surface area contributed by atoms with Gasteiger partial charge in [-0.2, -0.15) is 0 Å². The largest absolute Gasteiger partial charge is 0.497 e. The van der Waals surface area contributed by atoms with Crippen LogP contribution in [0.1, 0.15) is 18.0 Å². The Hall–Kier alpha value is -3.58. The first-order valence-corrected chi connectivity index (χ1v) is 10.0. The molecule has 0 spiro atoms. The molecule has 31 heavy (non-hydrogen) atoms. The predicted octanol–water partition coefficient (Wildman–Crippen LogP) is 4.44. The fourth-order valence-electron chi connectivity index (χ4n) is 3.17. The molecule has 0 amide bonds. The highest BCUT2D eigenvalue weighted by atomic mass is 16.5. The zero-order valence-electron chi connectivity index (χ0n) is 17.7. The summed E-state index contributed by atoms with van der Waals surface area (Å²) in [6.45, 7) is 0.645. The third-order valence-corrected chi connectivity index (χ3v) is 4.74. The van der Waals surface area contributed by atoms with E-state index in [1.54, 1.807) is 25.3 Å². The summed E-state index contributed by atoms with van der Waals surface area (Å²) in [5.74, 6) is 1.90. The molecular formula is C24H27N3O4. The van der Waals surface area contributed by atoms with Crippen LogP contribution in [-0.2, 0) is 4.79 Å². The van der Waals surface area contributed by atoms with Crippen molar-refractivity contribution in [1.82, 2.24) is 9.88 Å². The number of aromatic nitrogens is 1. The van der Waals surface area contributed by atoms with E-state index in [0.717, 1.165) is 17.7 Å². The molecule has 2 N–H and O–H groups in total. The van der Waals surface area contributed by atoms with Crippen molar-refractivity contribution in [3.8, 4) is 17.2 Å². The van der Waals surface area contributed by atoms with Crippen LogP contribution in [0.3, 0.4) is 0 Å². The summed E-state index contributed by atoms with van der Waals surface area (Å²) >= 11 is 0. The minimum atomic E-state index is -0.833. The lowest BCUT2D eigenvalue weighted by Crippen LogP contribution is -2.28. The van der Waals surface area contributed by atoms with Crippen molar-refractivity contribution in [3.05, 3.63) is 78.5 Å². The Labute approximate surface area is 182 Å². The second-order valence-corrected chi connectivity index (χ2v) is 7.19. The number of rotatable bonds is 11. The van der Waals surface area contributed by atoms with Gasteiger partial charge in [-0.05, 0) is 43.3 Å². The Balaban J connectivity index is 1.66. The Morgan fingerprint density at radius 1 is 1.06 bits per heavy atom. The number of benzene rings is 2. The number of likely N-dealkylation sites (N-methyl/N-ethyl adjacent to an activating group) is 1. The number of methoxy groups -OCH3 is 1. The van der Waals surface area contributed by atoms with Gasteiger partial charge in [-0.3, -0.25) is 9.69 Å². The molecule has 0 bridgehead atoms. The lowest BCUT2D eigenvalue weighted by Gasteiger charge is -2.23. The van der Waals surface area contributed by atoms with E-state index in [0.29, 0.717) is 23.9 Å². The number of hydrogen-bond acceptors (Lipinski definition) is 6. The quantitative estimate of drug-likeness (QED) is 0.473.